The average Bonchev–Trinajstić information content (AvgIpc) is 2.41. The lowest BCUT2D eigenvalue weighted by molar-refractivity contribution is -0.274. The molecular weight excluding hydrogens is 304 g/mol. The molecule has 0 bridgehead atoms. The molecule has 0 aliphatic rings. The number of carbonyl (C=O) groups excluding carboxylic acids is 1. The lowest BCUT2D eigenvalue weighted by Crippen LogP contribution is -2.17. The molecule has 0 atom stereocenters. The molecule has 2 aromatic rings. The molecule has 2 rings (SSSR count). The van der Waals surface area contributed by atoms with Crippen LogP contribution in [0.25, 0.3) is 0 Å². The second-order valence-corrected chi connectivity index (χ2v) is 4.32. The molecule has 22 heavy (non-hydrogen) atoms. The third kappa shape index (κ3) is 4.21. The largest absolute Gasteiger partial charge is 0.573 e. The number of ether oxygens (including phenoxy) is 2. The molecule has 0 aliphatic heterocycles. The van der Waals surface area contributed by atoms with Crippen molar-refractivity contribution in [2.24, 2.45) is 0 Å². The van der Waals surface area contributed by atoms with Crippen LogP contribution in [0.2, 0.25) is 0 Å². The third-order valence-corrected chi connectivity index (χ3v) is 2.61. The van der Waals surface area contributed by atoms with Gasteiger partial charge in [0, 0.05) is 0 Å². The Morgan fingerprint density at radius 2 is 1.59 bits per heavy atom. The summed E-state index contributed by atoms with van der Waals surface area (Å²) in [5.41, 5.74) is -0.0777. The number of rotatable bonds is 4. The zero-order valence-electron chi connectivity index (χ0n) is 11.3. The van der Waals surface area contributed by atoms with Crippen LogP contribution in [0, 0.1) is 5.82 Å². The number of hydrogen-bond donors (Lipinski definition) is 0. The summed E-state index contributed by atoms with van der Waals surface area (Å²) in [6, 6.07) is 8.13. The van der Waals surface area contributed by atoms with Crippen molar-refractivity contribution in [2.45, 2.75) is 13.3 Å². The number of ketones is 1. The summed E-state index contributed by atoms with van der Waals surface area (Å²) in [6.45, 7) is 1.18. The van der Waals surface area contributed by atoms with Gasteiger partial charge in [0.05, 0.1) is 5.56 Å². The number of alkyl halides is 3. The molecule has 0 N–H and O–H groups in total. The molecule has 2 aromatic carbocycles. The van der Waals surface area contributed by atoms with E-state index in [1.54, 1.807) is 0 Å². The van der Waals surface area contributed by atoms with Gasteiger partial charge in [-0.25, -0.2) is 4.39 Å². The molecular formula is C15H10F4O3. The van der Waals surface area contributed by atoms with E-state index in [0.29, 0.717) is 0 Å². The van der Waals surface area contributed by atoms with E-state index in [2.05, 4.69) is 4.74 Å². The van der Waals surface area contributed by atoms with Gasteiger partial charge in [-0.15, -0.1) is 13.2 Å². The van der Waals surface area contributed by atoms with Gasteiger partial charge in [-0.3, -0.25) is 4.79 Å². The Hall–Kier alpha value is -2.57. The number of carbonyl (C=O) groups is 1. The lowest BCUT2D eigenvalue weighted by atomic mass is 10.1. The second-order valence-electron chi connectivity index (χ2n) is 4.32. The lowest BCUT2D eigenvalue weighted by Gasteiger charge is -2.13. The maximum Gasteiger partial charge on any atom is 0.573 e. The summed E-state index contributed by atoms with van der Waals surface area (Å²) in [4.78, 5) is 11.6. The smallest absolute Gasteiger partial charge is 0.457 e. The normalized spacial score (nSPS) is 11.1. The highest BCUT2D eigenvalue weighted by molar-refractivity contribution is 5.97. The van der Waals surface area contributed by atoms with E-state index in [1.807, 2.05) is 0 Å². The van der Waals surface area contributed by atoms with E-state index in [4.69, 9.17) is 4.74 Å². The minimum absolute atomic E-state index is 0.0497. The Bertz CT molecular complexity index is 678. The van der Waals surface area contributed by atoms with Crippen molar-refractivity contribution in [1.29, 1.82) is 0 Å². The van der Waals surface area contributed by atoms with Gasteiger partial charge in [-0.1, -0.05) is 0 Å². The summed E-state index contributed by atoms with van der Waals surface area (Å²) in [7, 11) is 0. The van der Waals surface area contributed by atoms with Gasteiger partial charge in [-0.2, -0.15) is 0 Å². The minimum Gasteiger partial charge on any atom is -0.457 e. The highest BCUT2D eigenvalue weighted by Gasteiger charge is 2.31. The average molecular weight is 314 g/mol. The van der Waals surface area contributed by atoms with Crippen molar-refractivity contribution >= 4 is 5.78 Å². The van der Waals surface area contributed by atoms with E-state index >= 15 is 0 Å². The van der Waals surface area contributed by atoms with Crippen LogP contribution >= 0.6 is 0 Å². The predicted molar refractivity (Wildman–Crippen MR) is 69.6 cm³/mol. The molecule has 0 saturated heterocycles. The van der Waals surface area contributed by atoms with Crippen molar-refractivity contribution in [2.75, 3.05) is 0 Å². The van der Waals surface area contributed by atoms with Crippen molar-refractivity contribution in [3.63, 3.8) is 0 Å². The predicted octanol–water partition coefficient (Wildman–Crippen LogP) is 4.72. The molecule has 0 unspecified atom stereocenters. The maximum atomic E-state index is 12.8. The summed E-state index contributed by atoms with van der Waals surface area (Å²) in [5.74, 6) is -1.19. The van der Waals surface area contributed by atoms with E-state index in [9.17, 15) is 22.4 Å². The van der Waals surface area contributed by atoms with Crippen molar-refractivity contribution in [1.82, 2.24) is 0 Å². The molecule has 0 aromatic heterocycles. The summed E-state index contributed by atoms with van der Waals surface area (Å²) < 4.78 is 58.5. The van der Waals surface area contributed by atoms with Crippen LogP contribution in [0.1, 0.15) is 17.3 Å². The monoisotopic (exact) mass is 314 g/mol. The highest BCUT2D eigenvalue weighted by Crippen LogP contribution is 2.31. The molecule has 7 heteroatoms. The van der Waals surface area contributed by atoms with Gasteiger partial charge >= 0.3 is 6.36 Å². The van der Waals surface area contributed by atoms with Crippen LogP contribution in [0.4, 0.5) is 17.6 Å². The quantitative estimate of drug-likeness (QED) is 0.605. The van der Waals surface area contributed by atoms with Crippen molar-refractivity contribution < 1.29 is 31.8 Å². The maximum absolute atomic E-state index is 12.8. The Morgan fingerprint density at radius 3 is 2.14 bits per heavy atom. The summed E-state index contributed by atoms with van der Waals surface area (Å²) in [5, 5.41) is 0. The number of halogens is 4. The first-order valence-electron chi connectivity index (χ1n) is 6.09. The van der Waals surface area contributed by atoms with Gasteiger partial charge in [0.2, 0.25) is 0 Å². The van der Waals surface area contributed by atoms with Crippen LogP contribution in [0.3, 0.4) is 0 Å². The molecule has 116 valence electrons. The number of benzene rings is 2. The fraction of sp³-hybridized carbons (Fsp3) is 0.133. The molecule has 0 radical (unpaired) electrons. The first kappa shape index (κ1) is 15.8. The SMILES string of the molecule is CC(=O)c1cc(OC(F)(F)F)ccc1Oc1ccc(F)cc1. The Morgan fingerprint density at radius 1 is 1.00 bits per heavy atom. The van der Waals surface area contributed by atoms with Crippen LogP contribution in [-0.2, 0) is 0 Å². The van der Waals surface area contributed by atoms with E-state index in [1.165, 1.54) is 25.1 Å². The molecule has 0 fully saturated rings. The Kier molecular flexibility index (Phi) is 4.35. The molecule has 0 aliphatic carbocycles. The van der Waals surface area contributed by atoms with Crippen molar-refractivity contribution in [3.05, 3.63) is 53.8 Å². The van der Waals surface area contributed by atoms with Gasteiger partial charge in [0.25, 0.3) is 0 Å². The highest BCUT2D eigenvalue weighted by atomic mass is 19.4. The third-order valence-electron chi connectivity index (χ3n) is 2.61. The minimum atomic E-state index is -4.85. The second kappa shape index (κ2) is 6.05. The first-order valence-corrected chi connectivity index (χ1v) is 6.09. The Labute approximate surface area is 123 Å². The van der Waals surface area contributed by atoms with Crippen LogP contribution in [0.15, 0.2) is 42.5 Å². The zero-order valence-corrected chi connectivity index (χ0v) is 11.3. The standard InChI is InChI=1S/C15H10F4O3/c1-9(20)13-8-12(22-15(17,18)19)6-7-14(13)21-11-4-2-10(16)3-5-11/h2-8H,1H3. The van der Waals surface area contributed by atoms with Crippen LogP contribution in [-0.4, -0.2) is 12.1 Å². The summed E-state index contributed by atoms with van der Waals surface area (Å²) >= 11 is 0. The van der Waals surface area contributed by atoms with E-state index in [0.717, 1.165) is 24.3 Å². The fourth-order valence-electron chi connectivity index (χ4n) is 1.70. The van der Waals surface area contributed by atoms with Crippen LogP contribution in [0.5, 0.6) is 17.2 Å². The van der Waals surface area contributed by atoms with Gasteiger partial charge in [-0.05, 0) is 49.4 Å². The summed E-state index contributed by atoms with van der Waals surface area (Å²) in [6.07, 6.45) is -4.85. The van der Waals surface area contributed by atoms with Crippen molar-refractivity contribution in [3.8, 4) is 17.2 Å². The number of Topliss-reactive ketones (excluding diaryl/α,β-unsaturated/α-hetero) is 1. The molecule has 3 nitrogen and oxygen atoms in total. The molecule has 0 saturated carbocycles. The van der Waals surface area contributed by atoms with E-state index in [-0.39, 0.29) is 17.1 Å². The number of hydrogen-bond acceptors (Lipinski definition) is 3. The van der Waals surface area contributed by atoms with Gasteiger partial charge < -0.3 is 9.47 Å². The zero-order chi connectivity index (χ0) is 16.3. The molecule has 0 spiro atoms. The topological polar surface area (TPSA) is 35.5 Å². The fourth-order valence-corrected chi connectivity index (χ4v) is 1.70. The molecule has 0 heterocycles. The van der Waals surface area contributed by atoms with Gasteiger partial charge in [0.15, 0.2) is 5.78 Å². The van der Waals surface area contributed by atoms with E-state index < -0.39 is 23.7 Å². The van der Waals surface area contributed by atoms with Crippen LogP contribution < -0.4 is 9.47 Å². The molecule has 0 amide bonds. The first-order chi connectivity index (χ1) is 10.2. The van der Waals surface area contributed by atoms with Gasteiger partial charge in [0.1, 0.15) is 23.1 Å². The Balaban J connectivity index is 2.31.